The molecule has 2 rings (SSSR count). The van der Waals surface area contributed by atoms with Crippen molar-refractivity contribution in [2.24, 2.45) is 0 Å². The van der Waals surface area contributed by atoms with Crippen LogP contribution in [0.3, 0.4) is 0 Å². The average molecular weight is 251 g/mol. The van der Waals surface area contributed by atoms with Crippen LogP contribution in [0.2, 0.25) is 10.0 Å². The molecule has 1 aromatic carbocycles. The molecule has 1 aliphatic carbocycles. The maximum absolute atomic E-state index is 13.0. The lowest BCUT2D eigenvalue weighted by molar-refractivity contribution is 0.00777. The maximum Gasteiger partial charge on any atom is 0.248 e. The lowest BCUT2D eigenvalue weighted by atomic mass is 9.97. The predicted octanol–water partition coefficient (Wildman–Crippen LogP) is 4.90. The summed E-state index contributed by atoms with van der Waals surface area (Å²) >= 11 is 11.7. The van der Waals surface area contributed by atoms with Crippen LogP contribution in [0.1, 0.15) is 30.7 Å². The normalized spacial score (nSPS) is 24.4. The van der Waals surface area contributed by atoms with Crippen LogP contribution in [0.5, 0.6) is 0 Å². The Morgan fingerprint density at radius 2 is 2.00 bits per heavy atom. The highest BCUT2D eigenvalue weighted by atomic mass is 35.5. The highest BCUT2D eigenvalue weighted by Crippen LogP contribution is 2.46. The molecule has 0 aromatic heterocycles. The van der Waals surface area contributed by atoms with Gasteiger partial charge in [-0.05, 0) is 30.0 Å². The summed E-state index contributed by atoms with van der Waals surface area (Å²) in [6.07, 6.45) is 0.347. The summed E-state index contributed by atoms with van der Waals surface area (Å²) in [6.45, 7) is 0. The first-order valence-corrected chi connectivity index (χ1v) is 5.56. The van der Waals surface area contributed by atoms with Gasteiger partial charge in [-0.3, -0.25) is 0 Å². The first kappa shape index (κ1) is 11.2. The summed E-state index contributed by atoms with van der Waals surface area (Å²) in [6, 6.07) is 5.05. The monoisotopic (exact) mass is 250 g/mol. The van der Waals surface area contributed by atoms with Crippen molar-refractivity contribution in [3.05, 3.63) is 33.8 Å². The Balaban J connectivity index is 2.24. The minimum Gasteiger partial charge on any atom is -0.207 e. The summed E-state index contributed by atoms with van der Waals surface area (Å²) < 4.78 is 26.0. The molecule has 0 bridgehead atoms. The topological polar surface area (TPSA) is 0 Å². The molecule has 82 valence electrons. The molecule has 1 aliphatic rings. The molecule has 1 saturated carbocycles. The zero-order valence-electron chi connectivity index (χ0n) is 7.94. The lowest BCUT2D eigenvalue weighted by Gasteiger charge is -2.12. The number of rotatable bonds is 1. The second-order valence-corrected chi connectivity index (χ2v) is 4.81. The summed E-state index contributed by atoms with van der Waals surface area (Å²) in [5, 5.41) is 1.03. The minimum absolute atomic E-state index is 0.0450. The van der Waals surface area contributed by atoms with Crippen LogP contribution in [-0.4, -0.2) is 5.92 Å². The van der Waals surface area contributed by atoms with Crippen LogP contribution in [-0.2, 0) is 0 Å². The molecule has 0 heterocycles. The van der Waals surface area contributed by atoms with Gasteiger partial charge in [-0.2, -0.15) is 0 Å². The molecule has 1 aromatic rings. The van der Waals surface area contributed by atoms with Crippen LogP contribution in [0.4, 0.5) is 8.78 Å². The van der Waals surface area contributed by atoms with Gasteiger partial charge >= 0.3 is 0 Å². The van der Waals surface area contributed by atoms with Crippen molar-refractivity contribution in [2.75, 3.05) is 0 Å². The lowest BCUT2D eigenvalue weighted by Crippen LogP contribution is -2.09. The van der Waals surface area contributed by atoms with Crippen molar-refractivity contribution in [3.8, 4) is 0 Å². The Hall–Kier alpha value is -0.340. The Morgan fingerprint density at radius 1 is 1.27 bits per heavy atom. The molecule has 0 spiro atoms. The van der Waals surface area contributed by atoms with E-state index in [0.717, 1.165) is 5.56 Å². The van der Waals surface area contributed by atoms with E-state index in [4.69, 9.17) is 23.2 Å². The van der Waals surface area contributed by atoms with Crippen LogP contribution in [0, 0.1) is 0 Å². The van der Waals surface area contributed by atoms with Gasteiger partial charge < -0.3 is 0 Å². The van der Waals surface area contributed by atoms with E-state index in [0.29, 0.717) is 16.5 Å². The van der Waals surface area contributed by atoms with Gasteiger partial charge in [0, 0.05) is 22.9 Å². The first-order valence-electron chi connectivity index (χ1n) is 4.81. The van der Waals surface area contributed by atoms with Gasteiger partial charge in [0.25, 0.3) is 0 Å². The van der Waals surface area contributed by atoms with Crippen molar-refractivity contribution in [1.29, 1.82) is 0 Å². The largest absolute Gasteiger partial charge is 0.248 e. The van der Waals surface area contributed by atoms with Crippen LogP contribution >= 0.6 is 23.2 Å². The predicted molar refractivity (Wildman–Crippen MR) is 58.0 cm³/mol. The molecule has 1 atom stereocenters. The van der Waals surface area contributed by atoms with Gasteiger partial charge in [-0.25, -0.2) is 8.78 Å². The van der Waals surface area contributed by atoms with E-state index in [1.165, 1.54) is 0 Å². The van der Waals surface area contributed by atoms with E-state index in [1.54, 1.807) is 18.2 Å². The van der Waals surface area contributed by atoms with Gasteiger partial charge in [-0.15, -0.1) is 0 Å². The van der Waals surface area contributed by atoms with Crippen LogP contribution < -0.4 is 0 Å². The smallest absolute Gasteiger partial charge is 0.207 e. The number of benzene rings is 1. The molecule has 0 radical (unpaired) electrons. The van der Waals surface area contributed by atoms with Crippen molar-refractivity contribution in [1.82, 2.24) is 0 Å². The first-order chi connectivity index (χ1) is 6.98. The second-order valence-electron chi connectivity index (χ2n) is 3.96. The SMILES string of the molecule is FC1(F)CCC(c2ccc(Cl)cc2Cl)C1. The van der Waals surface area contributed by atoms with Gasteiger partial charge in [-0.1, -0.05) is 29.3 Å². The number of hydrogen-bond acceptors (Lipinski definition) is 0. The number of alkyl halides is 2. The third-order valence-electron chi connectivity index (χ3n) is 2.81. The van der Waals surface area contributed by atoms with Crippen molar-refractivity contribution >= 4 is 23.2 Å². The fourth-order valence-electron chi connectivity index (χ4n) is 2.05. The van der Waals surface area contributed by atoms with Gasteiger partial charge in [0.05, 0.1) is 0 Å². The van der Waals surface area contributed by atoms with Gasteiger partial charge in [0.1, 0.15) is 0 Å². The highest BCUT2D eigenvalue weighted by molar-refractivity contribution is 6.35. The molecule has 4 heteroatoms. The number of halogens is 4. The molecule has 0 saturated heterocycles. The molecule has 1 fully saturated rings. The zero-order valence-corrected chi connectivity index (χ0v) is 9.45. The number of hydrogen-bond donors (Lipinski definition) is 0. The van der Waals surface area contributed by atoms with E-state index in [9.17, 15) is 8.78 Å². The molecule has 0 aliphatic heterocycles. The third-order valence-corrected chi connectivity index (χ3v) is 3.37. The zero-order chi connectivity index (χ0) is 11.1. The molecule has 0 amide bonds. The molecule has 1 unspecified atom stereocenters. The Labute approximate surface area is 97.2 Å². The molecular weight excluding hydrogens is 241 g/mol. The molecular formula is C11H10Cl2F2. The summed E-state index contributed by atoms with van der Waals surface area (Å²) in [5.74, 6) is -2.67. The van der Waals surface area contributed by atoms with E-state index in [1.807, 2.05) is 0 Å². The maximum atomic E-state index is 13.0. The van der Waals surface area contributed by atoms with E-state index >= 15 is 0 Å². The van der Waals surface area contributed by atoms with Crippen molar-refractivity contribution < 1.29 is 8.78 Å². The van der Waals surface area contributed by atoms with Crippen LogP contribution in [0.25, 0.3) is 0 Å². The molecule has 0 N–H and O–H groups in total. The van der Waals surface area contributed by atoms with E-state index in [2.05, 4.69) is 0 Å². The average Bonchev–Trinajstić information content (AvgIpc) is 2.46. The van der Waals surface area contributed by atoms with Gasteiger partial charge in [0.2, 0.25) is 5.92 Å². The fourth-order valence-corrected chi connectivity index (χ4v) is 2.61. The highest BCUT2D eigenvalue weighted by Gasteiger charge is 2.40. The van der Waals surface area contributed by atoms with E-state index < -0.39 is 5.92 Å². The quantitative estimate of drug-likeness (QED) is 0.666. The summed E-state index contributed by atoms with van der Waals surface area (Å²) in [7, 11) is 0. The minimum atomic E-state index is -2.53. The molecule has 0 nitrogen and oxygen atoms in total. The Morgan fingerprint density at radius 3 is 2.53 bits per heavy atom. The Bertz CT molecular complexity index is 377. The standard InChI is InChI=1S/C11H10Cl2F2/c12-8-1-2-9(10(13)5-8)7-3-4-11(14,15)6-7/h1-2,5,7H,3-4,6H2. The summed E-state index contributed by atoms with van der Waals surface area (Å²) in [4.78, 5) is 0. The summed E-state index contributed by atoms with van der Waals surface area (Å²) in [5.41, 5.74) is 0.790. The second kappa shape index (κ2) is 3.91. The Kier molecular flexibility index (Phi) is 2.91. The fraction of sp³-hybridized carbons (Fsp3) is 0.455. The molecule has 15 heavy (non-hydrogen) atoms. The van der Waals surface area contributed by atoms with Gasteiger partial charge in [0.15, 0.2) is 0 Å². The van der Waals surface area contributed by atoms with Crippen molar-refractivity contribution in [2.45, 2.75) is 31.1 Å². The van der Waals surface area contributed by atoms with E-state index in [-0.39, 0.29) is 18.8 Å². The third kappa shape index (κ3) is 2.43. The van der Waals surface area contributed by atoms with Crippen molar-refractivity contribution in [3.63, 3.8) is 0 Å². The van der Waals surface area contributed by atoms with Crippen LogP contribution in [0.15, 0.2) is 18.2 Å².